The molecule has 1 N–H and O–H groups in total. The minimum Gasteiger partial charge on any atom is -0.344 e. The van der Waals surface area contributed by atoms with Crippen molar-refractivity contribution in [3.63, 3.8) is 0 Å². The maximum Gasteiger partial charge on any atom is 0.234 e. The minimum atomic E-state index is 0.0669. The number of fused-ring (bicyclic) bond motifs is 1. The van der Waals surface area contributed by atoms with Gasteiger partial charge in [-0.3, -0.25) is 9.69 Å². The van der Waals surface area contributed by atoms with Gasteiger partial charge in [0.25, 0.3) is 0 Å². The highest BCUT2D eigenvalue weighted by Gasteiger charge is 2.31. The predicted molar refractivity (Wildman–Crippen MR) is 68.3 cm³/mol. The fourth-order valence-electron chi connectivity index (χ4n) is 3.23. The van der Waals surface area contributed by atoms with Crippen molar-refractivity contribution >= 4 is 5.91 Å². The Morgan fingerprint density at radius 1 is 1.29 bits per heavy atom. The molecule has 1 aliphatic carbocycles. The normalized spacial score (nSPS) is 29.1. The first kappa shape index (κ1) is 12.4. The van der Waals surface area contributed by atoms with Crippen LogP contribution in [0, 0.1) is 24.2 Å². The SMILES string of the molecule is C#CCNC(=O)CN1CCC2CCCCC2C1. The summed E-state index contributed by atoms with van der Waals surface area (Å²) >= 11 is 0. The maximum absolute atomic E-state index is 11.6. The van der Waals surface area contributed by atoms with Crippen LogP contribution in [0.1, 0.15) is 32.1 Å². The number of carbonyl (C=O) groups excluding carboxylic acids is 1. The molecular weight excluding hydrogens is 212 g/mol. The van der Waals surface area contributed by atoms with Gasteiger partial charge in [-0.05, 0) is 31.2 Å². The van der Waals surface area contributed by atoms with Crippen LogP contribution in [-0.2, 0) is 4.79 Å². The fourth-order valence-corrected chi connectivity index (χ4v) is 3.23. The van der Waals surface area contributed by atoms with Crippen molar-refractivity contribution in [2.75, 3.05) is 26.2 Å². The first-order chi connectivity index (χ1) is 8.29. The molecule has 2 fully saturated rings. The maximum atomic E-state index is 11.6. The summed E-state index contributed by atoms with van der Waals surface area (Å²) in [6.45, 7) is 3.04. The molecule has 0 aromatic carbocycles. The van der Waals surface area contributed by atoms with Crippen LogP contribution in [0.25, 0.3) is 0 Å². The van der Waals surface area contributed by atoms with E-state index in [2.05, 4.69) is 16.1 Å². The molecular formula is C14H22N2O. The summed E-state index contributed by atoms with van der Waals surface area (Å²) in [6, 6.07) is 0. The van der Waals surface area contributed by atoms with Gasteiger partial charge in [-0.2, -0.15) is 0 Å². The van der Waals surface area contributed by atoms with Gasteiger partial charge in [0.15, 0.2) is 0 Å². The largest absolute Gasteiger partial charge is 0.344 e. The van der Waals surface area contributed by atoms with E-state index in [4.69, 9.17) is 6.42 Å². The molecule has 17 heavy (non-hydrogen) atoms. The lowest BCUT2D eigenvalue weighted by atomic mass is 9.75. The Balaban J connectivity index is 1.76. The molecule has 3 nitrogen and oxygen atoms in total. The van der Waals surface area contributed by atoms with E-state index in [1.165, 1.54) is 32.1 Å². The zero-order chi connectivity index (χ0) is 12.1. The van der Waals surface area contributed by atoms with Gasteiger partial charge in [-0.15, -0.1) is 6.42 Å². The van der Waals surface area contributed by atoms with E-state index in [1.54, 1.807) is 0 Å². The molecule has 0 aromatic heterocycles. The average Bonchev–Trinajstić information content (AvgIpc) is 2.36. The zero-order valence-corrected chi connectivity index (χ0v) is 10.5. The van der Waals surface area contributed by atoms with Crippen LogP contribution in [0.15, 0.2) is 0 Å². The molecule has 94 valence electrons. The van der Waals surface area contributed by atoms with E-state index in [9.17, 15) is 4.79 Å². The minimum absolute atomic E-state index is 0.0669. The van der Waals surface area contributed by atoms with Gasteiger partial charge >= 0.3 is 0 Å². The molecule has 0 bridgehead atoms. The van der Waals surface area contributed by atoms with E-state index < -0.39 is 0 Å². The number of amides is 1. The highest BCUT2D eigenvalue weighted by Crippen LogP contribution is 2.35. The quantitative estimate of drug-likeness (QED) is 0.745. The molecule has 1 heterocycles. The molecule has 1 amide bonds. The average molecular weight is 234 g/mol. The fraction of sp³-hybridized carbons (Fsp3) is 0.786. The van der Waals surface area contributed by atoms with Crippen LogP contribution < -0.4 is 5.32 Å². The number of hydrogen-bond acceptors (Lipinski definition) is 2. The standard InChI is InChI=1S/C14H22N2O/c1-2-8-15-14(17)11-16-9-7-12-5-3-4-6-13(12)10-16/h1,12-13H,3-11H2,(H,15,17). The Hall–Kier alpha value is -1.01. The van der Waals surface area contributed by atoms with Crippen molar-refractivity contribution < 1.29 is 4.79 Å². The lowest BCUT2D eigenvalue weighted by molar-refractivity contribution is -0.122. The predicted octanol–water partition coefficient (Wildman–Crippen LogP) is 1.25. The van der Waals surface area contributed by atoms with E-state index in [0.717, 1.165) is 24.9 Å². The number of nitrogens with zero attached hydrogens (tertiary/aromatic N) is 1. The molecule has 1 aliphatic heterocycles. The first-order valence-electron chi connectivity index (χ1n) is 6.72. The van der Waals surface area contributed by atoms with Crippen LogP contribution in [0.4, 0.5) is 0 Å². The summed E-state index contributed by atoms with van der Waals surface area (Å²) in [5.41, 5.74) is 0. The number of terminal acetylenes is 1. The third-order valence-electron chi connectivity index (χ3n) is 4.13. The molecule has 2 unspecified atom stereocenters. The van der Waals surface area contributed by atoms with E-state index in [-0.39, 0.29) is 5.91 Å². The van der Waals surface area contributed by atoms with Crippen LogP contribution in [0.3, 0.4) is 0 Å². The third kappa shape index (κ3) is 3.47. The zero-order valence-electron chi connectivity index (χ0n) is 10.5. The summed E-state index contributed by atoms with van der Waals surface area (Å²) in [5.74, 6) is 4.25. The summed E-state index contributed by atoms with van der Waals surface area (Å²) in [7, 11) is 0. The molecule has 2 atom stereocenters. The summed E-state index contributed by atoms with van der Waals surface area (Å²) < 4.78 is 0. The van der Waals surface area contributed by atoms with Crippen molar-refractivity contribution in [1.29, 1.82) is 0 Å². The Kier molecular flexibility index (Phi) is 4.44. The van der Waals surface area contributed by atoms with Crippen LogP contribution in [0.5, 0.6) is 0 Å². The number of hydrogen-bond donors (Lipinski definition) is 1. The molecule has 1 saturated heterocycles. The van der Waals surface area contributed by atoms with Crippen molar-refractivity contribution in [2.45, 2.75) is 32.1 Å². The van der Waals surface area contributed by atoms with Crippen LogP contribution >= 0.6 is 0 Å². The topological polar surface area (TPSA) is 32.3 Å². The molecule has 0 aromatic rings. The van der Waals surface area contributed by atoms with Crippen molar-refractivity contribution in [3.8, 4) is 12.3 Å². The van der Waals surface area contributed by atoms with Gasteiger partial charge in [-0.1, -0.05) is 25.2 Å². The van der Waals surface area contributed by atoms with Gasteiger partial charge in [0.2, 0.25) is 5.91 Å². The highest BCUT2D eigenvalue weighted by atomic mass is 16.2. The summed E-state index contributed by atoms with van der Waals surface area (Å²) in [5, 5.41) is 2.73. The second kappa shape index (κ2) is 6.07. The van der Waals surface area contributed by atoms with Crippen molar-refractivity contribution in [2.24, 2.45) is 11.8 Å². The van der Waals surface area contributed by atoms with Gasteiger partial charge in [0.05, 0.1) is 13.1 Å². The van der Waals surface area contributed by atoms with Gasteiger partial charge < -0.3 is 5.32 Å². The lowest BCUT2D eigenvalue weighted by Crippen LogP contribution is -2.46. The Bertz CT molecular complexity index is 308. The van der Waals surface area contributed by atoms with E-state index >= 15 is 0 Å². The molecule has 1 saturated carbocycles. The van der Waals surface area contributed by atoms with Crippen LogP contribution in [0.2, 0.25) is 0 Å². The smallest absolute Gasteiger partial charge is 0.234 e. The number of likely N-dealkylation sites (tertiary alicyclic amines) is 1. The number of rotatable bonds is 3. The molecule has 3 heteroatoms. The van der Waals surface area contributed by atoms with E-state index in [1.807, 2.05) is 0 Å². The Labute approximate surface area is 104 Å². The number of nitrogens with one attached hydrogen (secondary N) is 1. The monoisotopic (exact) mass is 234 g/mol. The highest BCUT2D eigenvalue weighted by molar-refractivity contribution is 5.78. The Morgan fingerprint density at radius 3 is 2.82 bits per heavy atom. The molecule has 0 spiro atoms. The lowest BCUT2D eigenvalue weighted by Gasteiger charge is -2.41. The molecule has 2 aliphatic rings. The summed E-state index contributed by atoms with van der Waals surface area (Å²) in [6.07, 6.45) is 11.9. The first-order valence-corrected chi connectivity index (χ1v) is 6.72. The van der Waals surface area contributed by atoms with Crippen LogP contribution in [-0.4, -0.2) is 37.0 Å². The van der Waals surface area contributed by atoms with Gasteiger partial charge in [0.1, 0.15) is 0 Å². The molecule has 2 rings (SSSR count). The summed E-state index contributed by atoms with van der Waals surface area (Å²) in [4.78, 5) is 13.9. The van der Waals surface area contributed by atoms with Gasteiger partial charge in [0, 0.05) is 6.54 Å². The second-order valence-corrected chi connectivity index (χ2v) is 5.31. The van der Waals surface area contributed by atoms with E-state index in [0.29, 0.717) is 13.1 Å². The number of carbonyl (C=O) groups is 1. The van der Waals surface area contributed by atoms with Gasteiger partial charge in [-0.25, -0.2) is 0 Å². The third-order valence-corrected chi connectivity index (χ3v) is 4.13. The Morgan fingerprint density at radius 2 is 2.06 bits per heavy atom. The van der Waals surface area contributed by atoms with Crippen molar-refractivity contribution in [3.05, 3.63) is 0 Å². The molecule has 0 radical (unpaired) electrons. The van der Waals surface area contributed by atoms with Crippen molar-refractivity contribution in [1.82, 2.24) is 10.2 Å². The second-order valence-electron chi connectivity index (χ2n) is 5.31. The number of piperidine rings is 1.